The first-order chi connectivity index (χ1) is 13.8. The lowest BCUT2D eigenvalue weighted by Crippen LogP contribution is -2.49. The van der Waals surface area contributed by atoms with Crippen molar-refractivity contribution in [3.8, 4) is 5.69 Å². The molecular weight excluding hydrogens is 388 g/mol. The Morgan fingerprint density at radius 1 is 1.14 bits per heavy atom. The van der Waals surface area contributed by atoms with Crippen LogP contribution in [0.3, 0.4) is 0 Å². The van der Waals surface area contributed by atoms with Crippen LogP contribution in [0.4, 0.5) is 0 Å². The number of aromatic nitrogens is 2. The number of piperidine rings is 2. The number of carbonyl (C=O) groups excluding carboxylic acids is 1. The van der Waals surface area contributed by atoms with Gasteiger partial charge < -0.3 is 15.0 Å². The fraction of sp³-hybridized carbons (Fsp3) is 0.545. The van der Waals surface area contributed by atoms with E-state index in [0.717, 1.165) is 63.4 Å². The average Bonchev–Trinajstić information content (AvgIpc) is 3.09. The maximum atomic E-state index is 12.9. The number of carbonyl (C=O) groups is 1. The number of ether oxygens (including phenoxy) is 1. The van der Waals surface area contributed by atoms with E-state index in [0.29, 0.717) is 17.7 Å². The van der Waals surface area contributed by atoms with Crippen LogP contribution >= 0.6 is 12.4 Å². The third kappa shape index (κ3) is 3.00. The van der Waals surface area contributed by atoms with Crippen LogP contribution in [-0.4, -0.2) is 53.4 Å². The molecule has 1 aliphatic carbocycles. The number of benzene rings is 1. The molecule has 6 nitrogen and oxygen atoms in total. The number of nitrogens with zero attached hydrogens (tertiary/aromatic N) is 3. The van der Waals surface area contributed by atoms with E-state index >= 15 is 0 Å². The van der Waals surface area contributed by atoms with Crippen LogP contribution in [0.25, 0.3) is 5.69 Å². The second-order valence-electron chi connectivity index (χ2n) is 8.71. The molecule has 1 aromatic heterocycles. The number of rotatable bonds is 2. The average molecular weight is 415 g/mol. The van der Waals surface area contributed by atoms with Gasteiger partial charge in [0.05, 0.1) is 18.0 Å². The molecule has 1 aromatic carbocycles. The summed E-state index contributed by atoms with van der Waals surface area (Å²) in [5.74, 6) is 1.82. The molecule has 29 heavy (non-hydrogen) atoms. The fourth-order valence-electron chi connectivity index (χ4n) is 5.58. The minimum atomic E-state index is -0.328. The molecule has 7 heteroatoms. The molecule has 0 bridgehead atoms. The number of likely N-dealkylation sites (tertiary alicyclic amines) is 1. The van der Waals surface area contributed by atoms with Gasteiger partial charge in [-0.05, 0) is 61.9 Å². The third-order valence-corrected chi connectivity index (χ3v) is 7.25. The number of hydrogen-bond acceptors (Lipinski definition) is 4. The third-order valence-electron chi connectivity index (χ3n) is 7.25. The van der Waals surface area contributed by atoms with Gasteiger partial charge >= 0.3 is 0 Å². The lowest BCUT2D eigenvalue weighted by molar-refractivity contribution is -0.143. The van der Waals surface area contributed by atoms with E-state index in [1.54, 1.807) is 0 Å². The quantitative estimate of drug-likeness (QED) is 0.818. The first-order valence-electron chi connectivity index (χ1n) is 10.5. The van der Waals surface area contributed by atoms with Crippen molar-refractivity contribution in [1.29, 1.82) is 0 Å². The van der Waals surface area contributed by atoms with Gasteiger partial charge in [-0.15, -0.1) is 12.4 Å². The SMILES string of the molecule is Cl.O=C(C1[C@H]2CNC[C@@H]12)N1CCC2(CC1)OCCc1cn(-c3ccccc3)nc12. The molecule has 1 unspecified atom stereocenters. The van der Waals surface area contributed by atoms with Crippen molar-refractivity contribution in [2.45, 2.75) is 24.9 Å². The highest BCUT2D eigenvalue weighted by atomic mass is 35.5. The van der Waals surface area contributed by atoms with Crippen molar-refractivity contribution >= 4 is 18.3 Å². The molecule has 2 aromatic rings. The number of hydrogen-bond donors (Lipinski definition) is 1. The summed E-state index contributed by atoms with van der Waals surface area (Å²) >= 11 is 0. The zero-order valence-corrected chi connectivity index (χ0v) is 17.2. The number of amides is 1. The monoisotopic (exact) mass is 414 g/mol. The molecule has 0 radical (unpaired) electrons. The van der Waals surface area contributed by atoms with Crippen molar-refractivity contribution in [1.82, 2.24) is 20.0 Å². The van der Waals surface area contributed by atoms with Crippen LogP contribution in [0, 0.1) is 17.8 Å². The molecule has 2 saturated heterocycles. The fourth-order valence-corrected chi connectivity index (χ4v) is 5.58. The molecule has 4 heterocycles. The van der Waals surface area contributed by atoms with Crippen molar-refractivity contribution < 1.29 is 9.53 Å². The zero-order chi connectivity index (χ0) is 18.7. The minimum Gasteiger partial charge on any atom is -0.368 e. The Morgan fingerprint density at radius 2 is 1.86 bits per heavy atom. The molecular formula is C22H27ClN4O2. The normalized spacial score (nSPS) is 29.1. The molecule has 1 amide bonds. The lowest BCUT2D eigenvalue weighted by atomic mass is 9.83. The summed E-state index contributed by atoms with van der Waals surface area (Å²) in [4.78, 5) is 15.0. The van der Waals surface area contributed by atoms with Gasteiger partial charge in [0.25, 0.3) is 0 Å². The maximum Gasteiger partial charge on any atom is 0.226 e. The molecule has 3 fully saturated rings. The summed E-state index contributed by atoms with van der Waals surface area (Å²) in [6.45, 7) is 4.32. The van der Waals surface area contributed by atoms with Crippen LogP contribution in [0.2, 0.25) is 0 Å². The summed E-state index contributed by atoms with van der Waals surface area (Å²) in [6.07, 6.45) is 4.76. The van der Waals surface area contributed by atoms with E-state index in [4.69, 9.17) is 9.84 Å². The number of fused-ring (bicyclic) bond motifs is 3. The highest BCUT2D eigenvalue weighted by Crippen LogP contribution is 2.50. The van der Waals surface area contributed by atoms with Gasteiger partial charge in [0, 0.05) is 25.2 Å². The number of halogens is 1. The smallest absolute Gasteiger partial charge is 0.226 e. The Kier molecular flexibility index (Phi) is 4.68. The van der Waals surface area contributed by atoms with E-state index in [-0.39, 0.29) is 23.9 Å². The topological polar surface area (TPSA) is 59.4 Å². The Balaban J connectivity index is 0.00000181. The summed E-state index contributed by atoms with van der Waals surface area (Å²) in [5.41, 5.74) is 3.12. The second kappa shape index (κ2) is 7.11. The van der Waals surface area contributed by atoms with Crippen molar-refractivity contribution in [3.63, 3.8) is 0 Å². The van der Waals surface area contributed by atoms with Crippen LogP contribution in [0.5, 0.6) is 0 Å². The maximum absolute atomic E-state index is 12.9. The first-order valence-corrected chi connectivity index (χ1v) is 10.5. The van der Waals surface area contributed by atoms with Crippen LogP contribution < -0.4 is 5.32 Å². The zero-order valence-electron chi connectivity index (χ0n) is 16.4. The Morgan fingerprint density at radius 3 is 2.59 bits per heavy atom. The van der Waals surface area contributed by atoms with Crippen LogP contribution in [-0.2, 0) is 21.6 Å². The standard InChI is InChI=1S/C22H26N4O2.ClH/c27-21(19-17-12-23-13-18(17)19)25-9-7-22(8-10-25)20-15(6-11-28-22)14-26(24-20)16-4-2-1-3-5-16;/h1-5,14,17-19,23H,6-13H2;1H/t17-,18+,19?;. The van der Waals surface area contributed by atoms with E-state index < -0.39 is 0 Å². The molecule has 1 spiro atoms. The largest absolute Gasteiger partial charge is 0.368 e. The van der Waals surface area contributed by atoms with Gasteiger partial charge in [-0.1, -0.05) is 18.2 Å². The molecule has 3 aliphatic heterocycles. The van der Waals surface area contributed by atoms with Crippen molar-refractivity contribution in [3.05, 3.63) is 47.8 Å². The van der Waals surface area contributed by atoms with Crippen LogP contribution in [0.15, 0.2) is 36.5 Å². The highest BCUT2D eigenvalue weighted by Gasteiger charge is 2.58. The Hall–Kier alpha value is -1.89. The van der Waals surface area contributed by atoms with Crippen molar-refractivity contribution in [2.75, 3.05) is 32.8 Å². The summed E-state index contributed by atoms with van der Waals surface area (Å²) in [7, 11) is 0. The van der Waals surface area contributed by atoms with Crippen LogP contribution in [0.1, 0.15) is 24.1 Å². The number of nitrogens with one attached hydrogen (secondary N) is 1. The molecule has 154 valence electrons. The highest BCUT2D eigenvalue weighted by molar-refractivity contribution is 5.85. The number of para-hydroxylation sites is 1. The summed E-state index contributed by atoms with van der Waals surface area (Å²) in [5, 5.41) is 8.32. The van der Waals surface area contributed by atoms with Gasteiger partial charge in [0.15, 0.2) is 0 Å². The van der Waals surface area contributed by atoms with Gasteiger partial charge in [-0.2, -0.15) is 5.10 Å². The Bertz CT molecular complexity index is 897. The Labute approximate surface area is 177 Å². The van der Waals surface area contributed by atoms with E-state index in [2.05, 4.69) is 28.5 Å². The van der Waals surface area contributed by atoms with Crippen molar-refractivity contribution in [2.24, 2.45) is 17.8 Å². The van der Waals surface area contributed by atoms with Gasteiger partial charge in [-0.3, -0.25) is 4.79 Å². The first kappa shape index (κ1) is 19.1. The van der Waals surface area contributed by atoms with Gasteiger partial charge in [-0.25, -0.2) is 4.68 Å². The predicted molar refractivity (Wildman–Crippen MR) is 111 cm³/mol. The predicted octanol–water partition coefficient (Wildman–Crippen LogP) is 2.15. The van der Waals surface area contributed by atoms with Gasteiger partial charge in [0.1, 0.15) is 5.60 Å². The summed E-state index contributed by atoms with van der Waals surface area (Å²) in [6, 6.07) is 10.3. The summed E-state index contributed by atoms with van der Waals surface area (Å²) < 4.78 is 8.32. The van der Waals surface area contributed by atoms with E-state index in [1.807, 2.05) is 22.9 Å². The van der Waals surface area contributed by atoms with Gasteiger partial charge in [0.2, 0.25) is 5.91 Å². The molecule has 6 rings (SSSR count). The molecule has 1 N–H and O–H groups in total. The second-order valence-corrected chi connectivity index (χ2v) is 8.71. The minimum absolute atomic E-state index is 0. The van der Waals surface area contributed by atoms with E-state index in [9.17, 15) is 4.79 Å². The lowest BCUT2D eigenvalue weighted by Gasteiger charge is -2.43. The molecule has 1 saturated carbocycles. The molecule has 4 aliphatic rings. The molecule has 3 atom stereocenters. The van der Waals surface area contributed by atoms with E-state index in [1.165, 1.54) is 5.56 Å².